The van der Waals surface area contributed by atoms with Gasteiger partial charge in [0.2, 0.25) is 0 Å². The summed E-state index contributed by atoms with van der Waals surface area (Å²) < 4.78 is 11.0. The standard InChI is InChI=1S/C21H16Cl2N2O7/c1-31-13-4-2-9(6-10(13)8-32-14-5-3-11(22)7-12(14)23)15-16(20(27)28)18(24)25-19(26)17(15)21(29)30/h2-7H,8H2,1H3,(H,27,28)(H,29,30)(H3,24,25,26). The molecule has 1 heterocycles. The third kappa shape index (κ3) is 4.48. The Morgan fingerprint density at radius 3 is 2.28 bits per heavy atom. The molecule has 0 aliphatic heterocycles. The van der Waals surface area contributed by atoms with Crippen molar-refractivity contribution in [2.24, 2.45) is 0 Å². The number of benzene rings is 2. The van der Waals surface area contributed by atoms with Crippen LogP contribution in [-0.2, 0) is 6.61 Å². The molecule has 9 nitrogen and oxygen atoms in total. The number of anilines is 1. The number of nitrogen functional groups attached to an aromatic ring is 1. The molecule has 5 N–H and O–H groups in total. The number of nitrogens with two attached hydrogens (primary N) is 1. The Hall–Kier alpha value is -3.69. The zero-order valence-corrected chi connectivity index (χ0v) is 18.0. The molecule has 3 rings (SSSR count). The molecule has 0 amide bonds. The van der Waals surface area contributed by atoms with Gasteiger partial charge in [0.25, 0.3) is 5.56 Å². The smallest absolute Gasteiger partial charge is 0.342 e. The maximum atomic E-state index is 12.3. The van der Waals surface area contributed by atoms with Crippen LogP contribution in [0, 0.1) is 0 Å². The highest BCUT2D eigenvalue weighted by Gasteiger charge is 2.27. The van der Waals surface area contributed by atoms with E-state index in [0.29, 0.717) is 22.1 Å². The van der Waals surface area contributed by atoms with Crippen molar-refractivity contribution in [1.29, 1.82) is 0 Å². The zero-order valence-electron chi connectivity index (χ0n) is 16.4. The number of rotatable bonds is 7. The van der Waals surface area contributed by atoms with Gasteiger partial charge in [-0.15, -0.1) is 0 Å². The number of ether oxygens (including phenoxy) is 2. The van der Waals surface area contributed by atoms with Crippen LogP contribution in [0.2, 0.25) is 10.0 Å². The Morgan fingerprint density at radius 1 is 1.03 bits per heavy atom. The van der Waals surface area contributed by atoms with E-state index in [4.69, 9.17) is 38.4 Å². The number of aromatic carboxylic acids is 2. The molecule has 0 spiro atoms. The summed E-state index contributed by atoms with van der Waals surface area (Å²) in [5, 5.41) is 19.9. The van der Waals surface area contributed by atoms with Crippen LogP contribution in [0.4, 0.5) is 5.82 Å². The van der Waals surface area contributed by atoms with Crippen molar-refractivity contribution in [1.82, 2.24) is 4.98 Å². The summed E-state index contributed by atoms with van der Waals surface area (Å²) >= 11 is 12.0. The second-order valence-electron chi connectivity index (χ2n) is 6.49. The summed E-state index contributed by atoms with van der Waals surface area (Å²) in [5.74, 6) is -2.86. The number of hydrogen-bond donors (Lipinski definition) is 4. The lowest BCUT2D eigenvalue weighted by molar-refractivity contribution is 0.0695. The fourth-order valence-electron chi connectivity index (χ4n) is 3.13. The maximum absolute atomic E-state index is 12.3. The Labute approximate surface area is 190 Å². The second kappa shape index (κ2) is 9.21. The molecular weight excluding hydrogens is 463 g/mol. The monoisotopic (exact) mass is 478 g/mol. The van der Waals surface area contributed by atoms with E-state index >= 15 is 0 Å². The van der Waals surface area contributed by atoms with E-state index < -0.39 is 34.4 Å². The molecule has 0 aliphatic carbocycles. The van der Waals surface area contributed by atoms with Crippen LogP contribution in [0.5, 0.6) is 11.5 Å². The van der Waals surface area contributed by atoms with Crippen molar-refractivity contribution in [3.05, 3.63) is 73.5 Å². The van der Waals surface area contributed by atoms with Gasteiger partial charge in [0.15, 0.2) is 0 Å². The van der Waals surface area contributed by atoms with Crippen LogP contribution < -0.4 is 20.8 Å². The molecule has 32 heavy (non-hydrogen) atoms. The number of methoxy groups -OCH3 is 1. The SMILES string of the molecule is COc1ccc(-c2c(C(=O)O)c(N)[nH]c(=O)c2C(=O)O)cc1COc1ccc(Cl)cc1Cl. The van der Waals surface area contributed by atoms with Gasteiger partial charge in [-0.2, -0.15) is 0 Å². The highest BCUT2D eigenvalue weighted by atomic mass is 35.5. The van der Waals surface area contributed by atoms with Crippen LogP contribution in [0.25, 0.3) is 11.1 Å². The largest absolute Gasteiger partial charge is 0.496 e. The van der Waals surface area contributed by atoms with Gasteiger partial charge in [-0.1, -0.05) is 29.3 Å². The van der Waals surface area contributed by atoms with Crippen LogP contribution in [0.15, 0.2) is 41.2 Å². The number of H-pyrrole nitrogens is 1. The van der Waals surface area contributed by atoms with Gasteiger partial charge >= 0.3 is 11.9 Å². The summed E-state index contributed by atoms with van der Waals surface area (Å²) in [6.07, 6.45) is 0. The van der Waals surface area contributed by atoms with Gasteiger partial charge in [0.05, 0.1) is 12.1 Å². The van der Waals surface area contributed by atoms with Crippen molar-refractivity contribution in [2.75, 3.05) is 12.8 Å². The zero-order chi connectivity index (χ0) is 23.6. The number of carboxylic acid groups (broad SMARTS) is 2. The third-order valence-electron chi connectivity index (χ3n) is 4.52. The predicted octanol–water partition coefficient (Wildman–Crippen LogP) is 3.91. The molecule has 0 aliphatic rings. The Kier molecular flexibility index (Phi) is 6.61. The van der Waals surface area contributed by atoms with E-state index in [1.54, 1.807) is 12.1 Å². The molecule has 0 radical (unpaired) electrons. The quantitative estimate of drug-likeness (QED) is 0.398. The van der Waals surface area contributed by atoms with Crippen LogP contribution >= 0.6 is 23.2 Å². The number of hydrogen-bond acceptors (Lipinski definition) is 6. The van der Waals surface area contributed by atoms with E-state index in [1.807, 2.05) is 0 Å². The number of carbonyl (C=O) groups is 2. The van der Waals surface area contributed by atoms with Crippen molar-refractivity contribution in [3.8, 4) is 22.6 Å². The highest BCUT2D eigenvalue weighted by molar-refractivity contribution is 6.35. The molecule has 0 atom stereocenters. The van der Waals surface area contributed by atoms with Gasteiger partial charge in [-0.25, -0.2) is 9.59 Å². The van der Waals surface area contributed by atoms with E-state index in [0.717, 1.165) is 0 Å². The first-order valence-electron chi connectivity index (χ1n) is 8.91. The molecule has 3 aromatic rings. The molecular formula is C21H16Cl2N2O7. The minimum absolute atomic E-state index is 0.0676. The predicted molar refractivity (Wildman–Crippen MR) is 118 cm³/mol. The van der Waals surface area contributed by atoms with E-state index in [9.17, 15) is 24.6 Å². The summed E-state index contributed by atoms with van der Waals surface area (Å²) in [4.78, 5) is 37.9. The molecule has 0 bridgehead atoms. The summed E-state index contributed by atoms with van der Waals surface area (Å²) in [7, 11) is 1.42. The Morgan fingerprint density at radius 2 is 1.69 bits per heavy atom. The maximum Gasteiger partial charge on any atom is 0.342 e. The van der Waals surface area contributed by atoms with Gasteiger partial charge < -0.3 is 30.4 Å². The van der Waals surface area contributed by atoms with E-state index in [2.05, 4.69) is 4.98 Å². The van der Waals surface area contributed by atoms with Crippen molar-refractivity contribution < 1.29 is 29.3 Å². The fraction of sp³-hybridized carbons (Fsp3) is 0.0952. The number of carboxylic acids is 2. The van der Waals surface area contributed by atoms with E-state index in [1.165, 1.54) is 31.4 Å². The fourth-order valence-corrected chi connectivity index (χ4v) is 3.59. The Bertz CT molecular complexity index is 1290. The first-order valence-corrected chi connectivity index (χ1v) is 9.67. The molecule has 0 fully saturated rings. The molecule has 11 heteroatoms. The lowest BCUT2D eigenvalue weighted by atomic mass is 9.94. The average Bonchev–Trinajstić information content (AvgIpc) is 2.71. The van der Waals surface area contributed by atoms with E-state index in [-0.39, 0.29) is 22.8 Å². The molecule has 0 saturated heterocycles. The molecule has 166 valence electrons. The van der Waals surface area contributed by atoms with Crippen molar-refractivity contribution in [2.45, 2.75) is 6.61 Å². The van der Waals surface area contributed by atoms with Gasteiger partial charge in [-0.3, -0.25) is 4.79 Å². The lowest BCUT2D eigenvalue weighted by Crippen LogP contribution is -2.24. The number of nitrogens with one attached hydrogen (secondary N) is 1. The topological polar surface area (TPSA) is 152 Å². The van der Waals surface area contributed by atoms with Crippen molar-refractivity contribution >= 4 is 41.0 Å². The average molecular weight is 479 g/mol. The summed E-state index contributed by atoms with van der Waals surface area (Å²) in [6, 6.07) is 9.03. The summed E-state index contributed by atoms with van der Waals surface area (Å²) in [6.45, 7) is -0.0676. The number of aromatic amines is 1. The van der Waals surface area contributed by atoms with Crippen LogP contribution in [0.1, 0.15) is 26.3 Å². The summed E-state index contributed by atoms with van der Waals surface area (Å²) in [5.41, 5.74) is 3.58. The first kappa shape index (κ1) is 23.0. The minimum atomic E-state index is -1.61. The second-order valence-corrected chi connectivity index (χ2v) is 7.34. The number of halogens is 2. The highest BCUT2D eigenvalue weighted by Crippen LogP contribution is 2.34. The number of aromatic nitrogens is 1. The Balaban J connectivity index is 2.15. The molecule has 0 saturated carbocycles. The van der Waals surface area contributed by atoms with Crippen LogP contribution in [-0.4, -0.2) is 34.2 Å². The molecule has 0 unspecified atom stereocenters. The van der Waals surface area contributed by atoms with Crippen molar-refractivity contribution in [3.63, 3.8) is 0 Å². The molecule has 2 aromatic carbocycles. The van der Waals surface area contributed by atoms with Gasteiger partial charge in [0, 0.05) is 16.1 Å². The first-order chi connectivity index (χ1) is 15.1. The van der Waals surface area contributed by atoms with Crippen LogP contribution in [0.3, 0.4) is 0 Å². The van der Waals surface area contributed by atoms with Gasteiger partial charge in [0.1, 0.15) is 35.1 Å². The number of pyridine rings is 1. The van der Waals surface area contributed by atoms with Gasteiger partial charge in [-0.05, 0) is 35.9 Å². The molecule has 1 aromatic heterocycles. The minimum Gasteiger partial charge on any atom is -0.496 e. The lowest BCUT2D eigenvalue weighted by Gasteiger charge is -2.16. The normalized spacial score (nSPS) is 10.6. The third-order valence-corrected chi connectivity index (χ3v) is 5.05.